The third-order valence-corrected chi connectivity index (χ3v) is 2.75. The molecular formula is C10H18N2O3. The zero-order valence-corrected chi connectivity index (χ0v) is 8.83. The maximum atomic E-state index is 11.3. The van der Waals surface area contributed by atoms with Crippen LogP contribution in [-0.4, -0.2) is 51.0 Å². The summed E-state index contributed by atoms with van der Waals surface area (Å²) in [5, 5.41) is 5.90. The van der Waals surface area contributed by atoms with Crippen LogP contribution in [0.5, 0.6) is 0 Å². The van der Waals surface area contributed by atoms with Gasteiger partial charge in [-0.25, -0.2) is 0 Å². The third-order valence-electron chi connectivity index (χ3n) is 2.75. The van der Waals surface area contributed by atoms with Gasteiger partial charge in [0, 0.05) is 26.2 Å². The second-order valence-electron chi connectivity index (χ2n) is 4.03. The normalized spacial score (nSPS) is 26.3. The summed E-state index contributed by atoms with van der Waals surface area (Å²) in [6.07, 6.45) is 2.58. The number of hydrogen-bond donors (Lipinski definition) is 2. The molecule has 2 fully saturated rings. The second kappa shape index (κ2) is 5.44. The SMILES string of the molecule is O=C(COC1CNC1)NCC1CCCO1. The minimum atomic E-state index is -0.0441. The van der Waals surface area contributed by atoms with Crippen LogP contribution < -0.4 is 10.6 Å². The lowest BCUT2D eigenvalue weighted by atomic mass is 10.2. The van der Waals surface area contributed by atoms with Gasteiger partial charge < -0.3 is 20.1 Å². The maximum Gasteiger partial charge on any atom is 0.246 e. The fraction of sp³-hybridized carbons (Fsp3) is 0.900. The van der Waals surface area contributed by atoms with Crippen LogP contribution in [0.3, 0.4) is 0 Å². The van der Waals surface area contributed by atoms with Crippen molar-refractivity contribution in [3.8, 4) is 0 Å². The van der Waals surface area contributed by atoms with E-state index >= 15 is 0 Å². The van der Waals surface area contributed by atoms with Crippen LogP contribution in [0.4, 0.5) is 0 Å². The standard InChI is InChI=1S/C10H18N2O3/c13-10(7-15-9-4-11-5-9)12-6-8-2-1-3-14-8/h8-9,11H,1-7H2,(H,12,13). The van der Waals surface area contributed by atoms with Crippen molar-refractivity contribution in [1.82, 2.24) is 10.6 Å². The summed E-state index contributed by atoms with van der Waals surface area (Å²) < 4.78 is 10.7. The molecule has 0 bridgehead atoms. The van der Waals surface area contributed by atoms with Crippen LogP contribution in [0.15, 0.2) is 0 Å². The average molecular weight is 214 g/mol. The van der Waals surface area contributed by atoms with Gasteiger partial charge in [-0.2, -0.15) is 0 Å². The summed E-state index contributed by atoms with van der Waals surface area (Å²) >= 11 is 0. The zero-order valence-electron chi connectivity index (χ0n) is 8.83. The van der Waals surface area contributed by atoms with Gasteiger partial charge in [0.05, 0.1) is 12.2 Å². The molecule has 1 unspecified atom stereocenters. The van der Waals surface area contributed by atoms with Gasteiger partial charge in [-0.3, -0.25) is 4.79 Å². The van der Waals surface area contributed by atoms with Gasteiger partial charge in [-0.05, 0) is 12.8 Å². The van der Waals surface area contributed by atoms with E-state index in [1.165, 1.54) is 0 Å². The lowest BCUT2D eigenvalue weighted by Gasteiger charge is -2.26. The van der Waals surface area contributed by atoms with Gasteiger partial charge in [0.15, 0.2) is 0 Å². The number of carbonyl (C=O) groups is 1. The first-order valence-corrected chi connectivity index (χ1v) is 5.55. The Bertz CT molecular complexity index is 213. The molecule has 86 valence electrons. The summed E-state index contributed by atoms with van der Waals surface area (Å²) in [5.74, 6) is -0.0441. The first kappa shape index (κ1) is 10.9. The molecule has 0 aromatic carbocycles. The van der Waals surface area contributed by atoms with E-state index in [9.17, 15) is 4.79 Å². The minimum Gasteiger partial charge on any atom is -0.376 e. The first-order valence-electron chi connectivity index (χ1n) is 5.55. The molecular weight excluding hydrogens is 196 g/mol. The molecule has 2 aliphatic rings. The van der Waals surface area contributed by atoms with Crippen molar-refractivity contribution in [2.75, 3.05) is 32.8 Å². The number of nitrogens with one attached hydrogen (secondary N) is 2. The molecule has 0 saturated carbocycles. The highest BCUT2D eigenvalue weighted by Gasteiger charge is 2.19. The quantitative estimate of drug-likeness (QED) is 0.633. The number of hydrogen-bond acceptors (Lipinski definition) is 4. The Kier molecular flexibility index (Phi) is 3.94. The number of ether oxygens (including phenoxy) is 2. The maximum absolute atomic E-state index is 11.3. The summed E-state index contributed by atoms with van der Waals surface area (Å²) in [5.41, 5.74) is 0. The molecule has 5 heteroatoms. The lowest BCUT2D eigenvalue weighted by molar-refractivity contribution is -0.129. The molecule has 2 saturated heterocycles. The third kappa shape index (κ3) is 3.44. The van der Waals surface area contributed by atoms with Crippen LogP contribution in [-0.2, 0) is 14.3 Å². The van der Waals surface area contributed by atoms with E-state index in [0.717, 1.165) is 32.5 Å². The predicted molar refractivity (Wildman–Crippen MR) is 54.6 cm³/mol. The van der Waals surface area contributed by atoms with Gasteiger partial charge in [-0.15, -0.1) is 0 Å². The molecule has 2 N–H and O–H groups in total. The van der Waals surface area contributed by atoms with Gasteiger partial charge in [0.25, 0.3) is 0 Å². The summed E-state index contributed by atoms with van der Waals surface area (Å²) in [6, 6.07) is 0. The minimum absolute atomic E-state index is 0.0441. The van der Waals surface area contributed by atoms with E-state index in [1.54, 1.807) is 0 Å². The van der Waals surface area contributed by atoms with E-state index in [4.69, 9.17) is 9.47 Å². The molecule has 1 amide bonds. The van der Waals surface area contributed by atoms with Crippen LogP contribution in [0, 0.1) is 0 Å². The largest absolute Gasteiger partial charge is 0.376 e. The predicted octanol–water partition coefficient (Wildman–Crippen LogP) is -0.730. The molecule has 0 aromatic heterocycles. The summed E-state index contributed by atoms with van der Waals surface area (Å²) in [4.78, 5) is 11.3. The number of rotatable bonds is 5. The summed E-state index contributed by atoms with van der Waals surface area (Å²) in [7, 11) is 0. The molecule has 1 atom stereocenters. The second-order valence-corrected chi connectivity index (χ2v) is 4.03. The van der Waals surface area contributed by atoms with Crippen molar-refractivity contribution < 1.29 is 14.3 Å². The van der Waals surface area contributed by atoms with Crippen molar-refractivity contribution in [3.63, 3.8) is 0 Å². The first-order chi connectivity index (χ1) is 7.34. The Labute approximate surface area is 89.5 Å². The van der Waals surface area contributed by atoms with Gasteiger partial charge >= 0.3 is 0 Å². The van der Waals surface area contributed by atoms with Gasteiger partial charge in [-0.1, -0.05) is 0 Å². The topological polar surface area (TPSA) is 59.6 Å². The van der Waals surface area contributed by atoms with E-state index < -0.39 is 0 Å². The molecule has 0 aliphatic carbocycles. The molecule has 2 aliphatic heterocycles. The highest BCUT2D eigenvalue weighted by Crippen LogP contribution is 2.10. The van der Waals surface area contributed by atoms with Crippen LogP contribution >= 0.6 is 0 Å². The van der Waals surface area contributed by atoms with Gasteiger partial charge in [0.2, 0.25) is 5.91 Å². The smallest absolute Gasteiger partial charge is 0.246 e. The van der Waals surface area contributed by atoms with Crippen LogP contribution in [0.25, 0.3) is 0 Å². The van der Waals surface area contributed by atoms with Gasteiger partial charge in [0.1, 0.15) is 6.61 Å². The molecule has 5 nitrogen and oxygen atoms in total. The average Bonchev–Trinajstić information content (AvgIpc) is 2.64. The van der Waals surface area contributed by atoms with E-state index in [-0.39, 0.29) is 24.7 Å². The monoisotopic (exact) mass is 214 g/mol. The van der Waals surface area contributed by atoms with E-state index in [1.807, 2.05) is 0 Å². The Balaban J connectivity index is 1.51. The highest BCUT2D eigenvalue weighted by atomic mass is 16.5. The molecule has 0 spiro atoms. The van der Waals surface area contributed by atoms with Crippen molar-refractivity contribution >= 4 is 5.91 Å². The molecule has 2 heterocycles. The Morgan fingerprint density at radius 2 is 2.40 bits per heavy atom. The highest BCUT2D eigenvalue weighted by molar-refractivity contribution is 5.77. The van der Waals surface area contributed by atoms with Crippen molar-refractivity contribution in [2.24, 2.45) is 0 Å². The molecule has 2 rings (SSSR count). The van der Waals surface area contributed by atoms with Crippen molar-refractivity contribution in [2.45, 2.75) is 25.0 Å². The Morgan fingerprint density at radius 3 is 3.00 bits per heavy atom. The number of amides is 1. The van der Waals surface area contributed by atoms with E-state index in [0.29, 0.717) is 6.54 Å². The van der Waals surface area contributed by atoms with Crippen molar-refractivity contribution in [3.05, 3.63) is 0 Å². The molecule has 0 aromatic rings. The fourth-order valence-electron chi connectivity index (χ4n) is 1.66. The Morgan fingerprint density at radius 1 is 1.53 bits per heavy atom. The van der Waals surface area contributed by atoms with Crippen molar-refractivity contribution in [1.29, 1.82) is 0 Å². The Hall–Kier alpha value is -0.650. The fourth-order valence-corrected chi connectivity index (χ4v) is 1.66. The lowest BCUT2D eigenvalue weighted by Crippen LogP contribution is -2.49. The van der Waals surface area contributed by atoms with Crippen LogP contribution in [0.1, 0.15) is 12.8 Å². The molecule has 15 heavy (non-hydrogen) atoms. The zero-order chi connectivity index (χ0) is 10.5. The van der Waals surface area contributed by atoms with Crippen LogP contribution in [0.2, 0.25) is 0 Å². The number of carbonyl (C=O) groups excluding carboxylic acids is 1. The molecule has 0 radical (unpaired) electrons. The van der Waals surface area contributed by atoms with E-state index in [2.05, 4.69) is 10.6 Å². The summed E-state index contributed by atoms with van der Waals surface area (Å²) in [6.45, 7) is 3.33.